The summed E-state index contributed by atoms with van der Waals surface area (Å²) in [5.41, 5.74) is 0.660. The van der Waals surface area contributed by atoms with Crippen molar-refractivity contribution in [2.24, 2.45) is 0 Å². The lowest BCUT2D eigenvalue weighted by Crippen LogP contribution is -2.41. The van der Waals surface area contributed by atoms with Gasteiger partial charge >= 0.3 is 0 Å². The van der Waals surface area contributed by atoms with Crippen LogP contribution in [-0.2, 0) is 9.53 Å². The minimum absolute atomic E-state index is 0.0411. The Morgan fingerprint density at radius 2 is 2.18 bits per heavy atom. The molecule has 5 nitrogen and oxygen atoms in total. The van der Waals surface area contributed by atoms with Crippen molar-refractivity contribution in [3.05, 3.63) is 23.8 Å². The lowest BCUT2D eigenvalue weighted by molar-refractivity contribution is -0.122. The first kappa shape index (κ1) is 16.6. The quantitative estimate of drug-likeness (QED) is 0.821. The minimum atomic E-state index is -0.308. The first-order valence-corrected chi connectivity index (χ1v) is 7.69. The van der Waals surface area contributed by atoms with Crippen molar-refractivity contribution in [3.8, 4) is 11.5 Å². The van der Waals surface area contributed by atoms with Gasteiger partial charge in [-0.2, -0.15) is 0 Å². The second-order valence-corrected chi connectivity index (χ2v) is 6.08. The number of ether oxygens (including phenoxy) is 3. The molecule has 0 bridgehead atoms. The van der Waals surface area contributed by atoms with Gasteiger partial charge in [0.15, 0.2) is 0 Å². The van der Waals surface area contributed by atoms with Crippen LogP contribution in [0.15, 0.2) is 18.2 Å². The van der Waals surface area contributed by atoms with Gasteiger partial charge in [0, 0.05) is 25.5 Å². The van der Waals surface area contributed by atoms with Gasteiger partial charge in [0.1, 0.15) is 23.7 Å². The van der Waals surface area contributed by atoms with Gasteiger partial charge in [-0.1, -0.05) is 6.92 Å². The average Bonchev–Trinajstić information content (AvgIpc) is 2.47. The van der Waals surface area contributed by atoms with Crippen LogP contribution < -0.4 is 14.8 Å². The van der Waals surface area contributed by atoms with Gasteiger partial charge in [-0.05, 0) is 32.0 Å². The van der Waals surface area contributed by atoms with E-state index in [2.05, 4.69) is 5.32 Å². The molecule has 1 aliphatic rings. The molecule has 1 atom stereocenters. The summed E-state index contributed by atoms with van der Waals surface area (Å²) >= 11 is 0. The molecule has 0 saturated heterocycles. The highest BCUT2D eigenvalue weighted by Crippen LogP contribution is 2.41. The van der Waals surface area contributed by atoms with Gasteiger partial charge in [-0.25, -0.2) is 0 Å². The Morgan fingerprint density at radius 3 is 2.86 bits per heavy atom. The molecule has 1 aliphatic heterocycles. The van der Waals surface area contributed by atoms with E-state index in [-0.39, 0.29) is 17.6 Å². The van der Waals surface area contributed by atoms with Crippen LogP contribution in [0, 0.1) is 0 Å². The molecule has 1 aromatic carbocycles. The predicted molar refractivity (Wildman–Crippen MR) is 84.3 cm³/mol. The maximum Gasteiger partial charge on any atom is 0.220 e. The molecule has 0 saturated carbocycles. The first-order chi connectivity index (χ1) is 10.4. The van der Waals surface area contributed by atoms with Crippen molar-refractivity contribution in [2.75, 3.05) is 20.3 Å². The summed E-state index contributed by atoms with van der Waals surface area (Å²) in [6.45, 7) is 6.95. The fraction of sp³-hybridized carbons (Fsp3) is 0.588. The molecule has 5 heteroatoms. The SMILES string of the molecule is CCC(=O)NC1CC(C)(C)Oc2ccc(OCCOC)cc21. The van der Waals surface area contributed by atoms with E-state index in [9.17, 15) is 4.79 Å². The fourth-order valence-corrected chi connectivity index (χ4v) is 2.59. The predicted octanol–water partition coefficient (Wildman–Crippen LogP) is 2.84. The maximum atomic E-state index is 11.8. The van der Waals surface area contributed by atoms with Crippen LogP contribution in [0.1, 0.15) is 45.2 Å². The number of rotatable bonds is 6. The van der Waals surface area contributed by atoms with E-state index < -0.39 is 0 Å². The summed E-state index contributed by atoms with van der Waals surface area (Å²) < 4.78 is 16.6. The summed E-state index contributed by atoms with van der Waals surface area (Å²) in [6.07, 6.45) is 1.20. The Balaban J connectivity index is 2.22. The number of hydrogen-bond donors (Lipinski definition) is 1. The molecule has 22 heavy (non-hydrogen) atoms. The highest BCUT2D eigenvalue weighted by Gasteiger charge is 2.34. The molecule has 1 aromatic rings. The van der Waals surface area contributed by atoms with Gasteiger partial charge in [-0.3, -0.25) is 4.79 Å². The van der Waals surface area contributed by atoms with Gasteiger partial charge in [0.05, 0.1) is 12.6 Å². The number of hydrogen-bond acceptors (Lipinski definition) is 4. The zero-order valence-corrected chi connectivity index (χ0v) is 13.8. The van der Waals surface area contributed by atoms with Crippen molar-refractivity contribution < 1.29 is 19.0 Å². The van der Waals surface area contributed by atoms with Crippen molar-refractivity contribution in [2.45, 2.75) is 45.3 Å². The monoisotopic (exact) mass is 307 g/mol. The zero-order chi connectivity index (χ0) is 16.2. The highest BCUT2D eigenvalue weighted by molar-refractivity contribution is 5.76. The molecule has 1 amide bonds. The lowest BCUT2D eigenvalue weighted by Gasteiger charge is -2.38. The largest absolute Gasteiger partial charge is 0.491 e. The second-order valence-electron chi connectivity index (χ2n) is 6.08. The van der Waals surface area contributed by atoms with E-state index in [1.165, 1.54) is 0 Å². The third-order valence-electron chi connectivity index (χ3n) is 3.65. The molecule has 122 valence electrons. The number of benzene rings is 1. The fourth-order valence-electron chi connectivity index (χ4n) is 2.59. The normalized spacial score (nSPS) is 19.0. The number of amides is 1. The van der Waals surface area contributed by atoms with Crippen LogP contribution in [0.4, 0.5) is 0 Å². The van der Waals surface area contributed by atoms with E-state index in [0.29, 0.717) is 19.6 Å². The Bertz CT molecular complexity index is 527. The standard InChI is InChI=1S/C17H25NO4/c1-5-16(19)18-14-11-17(2,3)22-15-7-6-12(10-13(14)15)21-9-8-20-4/h6-7,10,14H,5,8-9,11H2,1-4H3,(H,18,19). The third kappa shape index (κ3) is 4.13. The van der Waals surface area contributed by atoms with E-state index >= 15 is 0 Å². The molecular weight excluding hydrogens is 282 g/mol. The van der Waals surface area contributed by atoms with Crippen LogP contribution in [0.2, 0.25) is 0 Å². The Hall–Kier alpha value is -1.75. The molecule has 2 rings (SSSR count). The Kier molecular flexibility index (Phi) is 5.29. The number of fused-ring (bicyclic) bond motifs is 1. The van der Waals surface area contributed by atoms with E-state index in [4.69, 9.17) is 14.2 Å². The number of carbonyl (C=O) groups is 1. The van der Waals surface area contributed by atoms with E-state index in [0.717, 1.165) is 23.5 Å². The van der Waals surface area contributed by atoms with Crippen LogP contribution in [0.25, 0.3) is 0 Å². The van der Waals surface area contributed by atoms with Gasteiger partial charge < -0.3 is 19.5 Å². The van der Waals surface area contributed by atoms with E-state index in [1.54, 1.807) is 7.11 Å². The van der Waals surface area contributed by atoms with Crippen LogP contribution in [0.3, 0.4) is 0 Å². The maximum absolute atomic E-state index is 11.8. The van der Waals surface area contributed by atoms with Crippen molar-refractivity contribution in [3.63, 3.8) is 0 Å². The topological polar surface area (TPSA) is 56.8 Å². The molecule has 0 radical (unpaired) electrons. The third-order valence-corrected chi connectivity index (χ3v) is 3.65. The molecule has 1 heterocycles. The van der Waals surface area contributed by atoms with Crippen LogP contribution >= 0.6 is 0 Å². The molecule has 0 aromatic heterocycles. The Morgan fingerprint density at radius 1 is 1.41 bits per heavy atom. The smallest absolute Gasteiger partial charge is 0.220 e. The van der Waals surface area contributed by atoms with Crippen molar-refractivity contribution in [1.29, 1.82) is 0 Å². The van der Waals surface area contributed by atoms with Crippen molar-refractivity contribution in [1.82, 2.24) is 5.32 Å². The summed E-state index contributed by atoms with van der Waals surface area (Å²) in [7, 11) is 1.64. The first-order valence-electron chi connectivity index (χ1n) is 7.69. The highest BCUT2D eigenvalue weighted by atomic mass is 16.5. The number of carbonyl (C=O) groups excluding carboxylic acids is 1. The summed E-state index contributed by atoms with van der Waals surface area (Å²) in [4.78, 5) is 11.8. The Labute approximate surface area is 131 Å². The average molecular weight is 307 g/mol. The van der Waals surface area contributed by atoms with Crippen LogP contribution in [0.5, 0.6) is 11.5 Å². The van der Waals surface area contributed by atoms with Crippen molar-refractivity contribution >= 4 is 5.91 Å². The number of methoxy groups -OCH3 is 1. The van der Waals surface area contributed by atoms with Gasteiger partial charge in [-0.15, -0.1) is 0 Å². The van der Waals surface area contributed by atoms with Crippen LogP contribution in [-0.4, -0.2) is 31.8 Å². The molecule has 0 fully saturated rings. The zero-order valence-electron chi connectivity index (χ0n) is 13.8. The summed E-state index contributed by atoms with van der Waals surface area (Å²) in [5.74, 6) is 1.60. The molecular formula is C17H25NO4. The molecule has 1 N–H and O–H groups in total. The molecule has 0 spiro atoms. The van der Waals surface area contributed by atoms with E-state index in [1.807, 2.05) is 39.0 Å². The minimum Gasteiger partial charge on any atom is -0.491 e. The summed E-state index contributed by atoms with van der Waals surface area (Å²) in [5, 5.41) is 3.08. The molecule has 0 aliphatic carbocycles. The second kappa shape index (κ2) is 7.01. The van der Waals surface area contributed by atoms with Gasteiger partial charge in [0.25, 0.3) is 0 Å². The van der Waals surface area contributed by atoms with Gasteiger partial charge in [0.2, 0.25) is 5.91 Å². The summed E-state index contributed by atoms with van der Waals surface area (Å²) in [6, 6.07) is 5.68. The number of nitrogens with one attached hydrogen (secondary N) is 1. The lowest BCUT2D eigenvalue weighted by atomic mass is 9.89. The molecule has 1 unspecified atom stereocenters.